The fourth-order valence-corrected chi connectivity index (χ4v) is 2.70. The first kappa shape index (κ1) is 16.5. The Balaban J connectivity index is 2.29. The Labute approximate surface area is 142 Å². The summed E-state index contributed by atoms with van der Waals surface area (Å²) in [6, 6.07) is 7.54. The summed E-state index contributed by atoms with van der Waals surface area (Å²) < 4.78 is 3.62. The van der Waals surface area contributed by atoms with Crippen LogP contribution in [0.15, 0.2) is 33.9 Å². The van der Waals surface area contributed by atoms with E-state index in [-0.39, 0.29) is 23.7 Å². The average Bonchev–Trinajstić information content (AvgIpc) is 2.89. The van der Waals surface area contributed by atoms with Gasteiger partial charge in [-0.1, -0.05) is 12.1 Å². The Morgan fingerprint density at radius 1 is 1.24 bits per heavy atom. The average molecular weight is 342 g/mol. The molecule has 0 spiro atoms. The minimum atomic E-state index is -0.623. The molecule has 0 saturated heterocycles. The summed E-state index contributed by atoms with van der Waals surface area (Å²) in [4.78, 5) is 40.5. The lowest BCUT2D eigenvalue weighted by Gasteiger charge is -2.09. The Morgan fingerprint density at radius 3 is 2.60 bits per heavy atom. The molecule has 0 unspecified atom stereocenters. The van der Waals surface area contributed by atoms with Gasteiger partial charge in [0.15, 0.2) is 11.2 Å². The minimum Gasteiger partial charge on any atom is -0.368 e. The molecule has 3 rings (SSSR count). The van der Waals surface area contributed by atoms with Gasteiger partial charge in [-0.25, -0.2) is 4.79 Å². The van der Waals surface area contributed by atoms with E-state index in [1.54, 1.807) is 0 Å². The van der Waals surface area contributed by atoms with Gasteiger partial charge in [-0.15, -0.1) is 0 Å². The Hall–Kier alpha value is -3.36. The molecule has 0 atom stereocenters. The number of carbonyl (C=O) groups is 1. The summed E-state index contributed by atoms with van der Waals surface area (Å²) >= 11 is 0. The zero-order valence-corrected chi connectivity index (χ0v) is 14.1. The second kappa shape index (κ2) is 5.93. The van der Waals surface area contributed by atoms with Crippen LogP contribution in [0.5, 0.6) is 0 Å². The predicted octanol–water partition coefficient (Wildman–Crippen LogP) is -0.0290. The third-order valence-electron chi connectivity index (χ3n) is 3.94. The van der Waals surface area contributed by atoms with Gasteiger partial charge in [0, 0.05) is 19.8 Å². The van der Waals surface area contributed by atoms with E-state index >= 15 is 0 Å². The molecule has 0 aliphatic rings. The van der Waals surface area contributed by atoms with Gasteiger partial charge >= 0.3 is 5.69 Å². The number of nitrogens with one attached hydrogen (secondary N) is 1. The number of benzene rings is 1. The van der Waals surface area contributed by atoms with Crippen LogP contribution >= 0.6 is 0 Å². The van der Waals surface area contributed by atoms with E-state index in [4.69, 9.17) is 5.73 Å². The van der Waals surface area contributed by atoms with Crippen molar-refractivity contribution in [1.29, 1.82) is 0 Å². The molecule has 1 aromatic carbocycles. The molecular formula is C16H18N6O3. The maximum atomic E-state index is 12.5. The van der Waals surface area contributed by atoms with Gasteiger partial charge in [-0.3, -0.25) is 23.3 Å². The van der Waals surface area contributed by atoms with Crippen LogP contribution < -0.4 is 22.3 Å². The number of amides is 1. The largest absolute Gasteiger partial charge is 0.368 e. The van der Waals surface area contributed by atoms with Gasteiger partial charge in [0.1, 0.15) is 6.54 Å². The molecule has 0 bridgehead atoms. The number of fused-ring (bicyclic) bond motifs is 1. The molecule has 3 aromatic rings. The fraction of sp³-hybridized carbons (Fsp3) is 0.250. The molecule has 0 aliphatic carbocycles. The first-order chi connectivity index (χ1) is 11.8. The fourth-order valence-electron chi connectivity index (χ4n) is 2.70. The third kappa shape index (κ3) is 2.80. The molecular weight excluding hydrogens is 324 g/mol. The highest BCUT2D eigenvalue weighted by Crippen LogP contribution is 2.20. The van der Waals surface area contributed by atoms with Crippen LogP contribution in [0.1, 0.15) is 5.56 Å². The minimum absolute atomic E-state index is 0.138. The number of anilines is 2. The summed E-state index contributed by atoms with van der Waals surface area (Å²) in [5, 5.41) is 3.08. The van der Waals surface area contributed by atoms with Gasteiger partial charge in [0.05, 0.1) is 0 Å². The number of carbonyl (C=O) groups excluding carboxylic acids is 1. The molecule has 0 radical (unpaired) electrons. The highest BCUT2D eigenvalue weighted by atomic mass is 16.2. The van der Waals surface area contributed by atoms with E-state index in [0.717, 1.165) is 15.8 Å². The molecule has 9 nitrogen and oxygen atoms in total. The van der Waals surface area contributed by atoms with E-state index in [0.29, 0.717) is 0 Å². The van der Waals surface area contributed by atoms with Crippen LogP contribution in [0.2, 0.25) is 0 Å². The number of aryl methyl sites for hydroxylation is 2. The number of nitrogens with zero attached hydrogens (tertiary/aromatic N) is 4. The third-order valence-corrected chi connectivity index (χ3v) is 3.94. The van der Waals surface area contributed by atoms with Gasteiger partial charge in [-0.05, 0) is 24.6 Å². The Morgan fingerprint density at radius 2 is 1.96 bits per heavy atom. The molecule has 0 fully saturated rings. The standard InChI is InChI=1S/C16H18N6O3/c1-9-5-4-6-10(7-9)18-15-19-13-12(22(15)8-11(17)23)14(24)21(3)16(25)20(13)2/h4-7H,8H2,1-3H3,(H2,17,23)(H,18,19). The molecule has 1 amide bonds. The van der Waals surface area contributed by atoms with Crippen LogP contribution in [0.4, 0.5) is 11.6 Å². The van der Waals surface area contributed by atoms with E-state index in [1.807, 2.05) is 31.2 Å². The van der Waals surface area contributed by atoms with Crippen LogP contribution in [-0.4, -0.2) is 24.6 Å². The highest BCUT2D eigenvalue weighted by molar-refractivity contribution is 5.81. The number of nitrogens with two attached hydrogens (primary N) is 1. The smallest absolute Gasteiger partial charge is 0.332 e. The van der Waals surface area contributed by atoms with Gasteiger partial charge in [0.2, 0.25) is 11.9 Å². The van der Waals surface area contributed by atoms with E-state index in [9.17, 15) is 14.4 Å². The van der Waals surface area contributed by atoms with Gasteiger partial charge < -0.3 is 11.1 Å². The highest BCUT2D eigenvalue weighted by Gasteiger charge is 2.20. The summed E-state index contributed by atoms with van der Waals surface area (Å²) in [7, 11) is 2.89. The van der Waals surface area contributed by atoms with Crippen molar-refractivity contribution in [1.82, 2.24) is 18.7 Å². The Bertz CT molecular complexity index is 1110. The lowest BCUT2D eigenvalue weighted by Crippen LogP contribution is -2.38. The summed E-state index contributed by atoms with van der Waals surface area (Å²) in [6.07, 6.45) is 0. The summed E-state index contributed by atoms with van der Waals surface area (Å²) in [5.41, 5.74) is 6.38. The molecule has 2 heterocycles. The predicted molar refractivity (Wildman–Crippen MR) is 93.9 cm³/mol. The van der Waals surface area contributed by atoms with E-state index in [2.05, 4.69) is 10.3 Å². The van der Waals surface area contributed by atoms with Gasteiger partial charge in [0.25, 0.3) is 5.56 Å². The number of rotatable bonds is 4. The topological polar surface area (TPSA) is 117 Å². The van der Waals surface area contributed by atoms with Crippen LogP contribution in [0.25, 0.3) is 11.2 Å². The molecule has 25 heavy (non-hydrogen) atoms. The molecule has 0 saturated carbocycles. The van der Waals surface area contributed by atoms with Crippen molar-refractivity contribution in [3.8, 4) is 0 Å². The maximum absolute atomic E-state index is 12.5. The first-order valence-corrected chi connectivity index (χ1v) is 7.58. The molecule has 3 N–H and O–H groups in total. The maximum Gasteiger partial charge on any atom is 0.332 e. The lowest BCUT2D eigenvalue weighted by molar-refractivity contribution is -0.118. The van der Waals surface area contributed by atoms with Crippen LogP contribution in [-0.2, 0) is 25.4 Å². The van der Waals surface area contributed by atoms with Crippen molar-refractivity contribution in [3.05, 3.63) is 50.7 Å². The van der Waals surface area contributed by atoms with Crippen molar-refractivity contribution in [2.75, 3.05) is 5.32 Å². The first-order valence-electron chi connectivity index (χ1n) is 7.58. The Kier molecular flexibility index (Phi) is 3.91. The number of primary amides is 1. The molecule has 0 aliphatic heterocycles. The van der Waals surface area contributed by atoms with E-state index in [1.165, 1.54) is 23.2 Å². The van der Waals surface area contributed by atoms with E-state index < -0.39 is 17.2 Å². The normalized spacial score (nSPS) is 11.0. The second-order valence-electron chi connectivity index (χ2n) is 5.86. The molecule has 9 heteroatoms. The van der Waals surface area contributed by atoms with Crippen LogP contribution in [0, 0.1) is 6.92 Å². The zero-order valence-electron chi connectivity index (χ0n) is 14.1. The number of aromatic nitrogens is 4. The van der Waals surface area contributed by atoms with Crippen molar-refractivity contribution in [2.45, 2.75) is 13.5 Å². The van der Waals surface area contributed by atoms with Crippen molar-refractivity contribution >= 4 is 28.7 Å². The second-order valence-corrected chi connectivity index (χ2v) is 5.86. The lowest BCUT2D eigenvalue weighted by atomic mass is 10.2. The quantitative estimate of drug-likeness (QED) is 0.690. The summed E-state index contributed by atoms with van der Waals surface area (Å²) in [5.74, 6) is -0.361. The summed E-state index contributed by atoms with van der Waals surface area (Å²) in [6.45, 7) is 1.70. The molecule has 2 aromatic heterocycles. The number of hydrogen-bond donors (Lipinski definition) is 2. The zero-order chi connectivity index (χ0) is 18.3. The number of imidazole rings is 1. The van der Waals surface area contributed by atoms with Crippen molar-refractivity contribution in [2.24, 2.45) is 19.8 Å². The van der Waals surface area contributed by atoms with Crippen molar-refractivity contribution < 1.29 is 4.79 Å². The SMILES string of the molecule is Cc1cccc(Nc2nc3c(c(=O)n(C)c(=O)n3C)n2CC(N)=O)c1. The van der Waals surface area contributed by atoms with Gasteiger partial charge in [-0.2, -0.15) is 4.98 Å². The van der Waals surface area contributed by atoms with Crippen LogP contribution in [0.3, 0.4) is 0 Å². The monoisotopic (exact) mass is 342 g/mol. The number of hydrogen-bond acceptors (Lipinski definition) is 5. The van der Waals surface area contributed by atoms with Crippen molar-refractivity contribution in [3.63, 3.8) is 0 Å². The molecule has 130 valence electrons.